The summed E-state index contributed by atoms with van der Waals surface area (Å²) in [6, 6.07) is 7.45. The standard InChI is InChI=1S/C15H17N3OS/c1-9-4-5-12(6-10(9)2)13(19)8-20-15-17-11(3)7-14(16)18-15/h4-7H,8H2,1-3H3,(H2,16,17,18). The molecule has 2 aromatic rings. The van der Waals surface area contributed by atoms with Gasteiger partial charge in [0.05, 0.1) is 5.75 Å². The van der Waals surface area contributed by atoms with E-state index in [1.54, 1.807) is 6.07 Å². The molecule has 0 aliphatic heterocycles. The number of aryl methyl sites for hydroxylation is 3. The van der Waals surface area contributed by atoms with Crippen LogP contribution in [0.2, 0.25) is 0 Å². The Morgan fingerprint density at radius 1 is 1.15 bits per heavy atom. The molecule has 2 rings (SSSR count). The number of ketones is 1. The molecule has 1 aromatic carbocycles. The van der Waals surface area contributed by atoms with Crippen molar-refractivity contribution in [2.75, 3.05) is 11.5 Å². The number of benzene rings is 1. The highest BCUT2D eigenvalue weighted by Gasteiger charge is 2.09. The number of carbonyl (C=O) groups excluding carboxylic acids is 1. The van der Waals surface area contributed by atoms with Crippen LogP contribution in [0.3, 0.4) is 0 Å². The molecule has 1 aromatic heterocycles. The van der Waals surface area contributed by atoms with Crippen molar-refractivity contribution in [3.8, 4) is 0 Å². The van der Waals surface area contributed by atoms with Gasteiger partial charge < -0.3 is 5.73 Å². The van der Waals surface area contributed by atoms with Crippen LogP contribution in [-0.4, -0.2) is 21.5 Å². The van der Waals surface area contributed by atoms with Crippen molar-refractivity contribution in [3.63, 3.8) is 0 Å². The molecule has 0 aliphatic rings. The number of nitrogen functional groups attached to an aromatic ring is 1. The van der Waals surface area contributed by atoms with Crippen LogP contribution in [0, 0.1) is 20.8 Å². The highest BCUT2D eigenvalue weighted by Crippen LogP contribution is 2.18. The Bertz CT molecular complexity index is 635. The van der Waals surface area contributed by atoms with Gasteiger partial charge in [0.1, 0.15) is 5.82 Å². The molecule has 0 aliphatic carbocycles. The van der Waals surface area contributed by atoms with Crippen molar-refractivity contribution in [2.24, 2.45) is 0 Å². The number of nitrogens with zero attached hydrogens (tertiary/aromatic N) is 2. The number of anilines is 1. The molecular weight excluding hydrogens is 270 g/mol. The molecule has 0 saturated carbocycles. The van der Waals surface area contributed by atoms with Crippen LogP contribution in [-0.2, 0) is 0 Å². The minimum atomic E-state index is 0.0711. The molecule has 0 amide bonds. The minimum Gasteiger partial charge on any atom is -0.384 e. The molecule has 0 saturated heterocycles. The molecule has 5 heteroatoms. The van der Waals surface area contributed by atoms with Crippen LogP contribution in [0.15, 0.2) is 29.4 Å². The quantitative estimate of drug-likeness (QED) is 0.532. The van der Waals surface area contributed by atoms with Gasteiger partial charge in [-0.25, -0.2) is 9.97 Å². The van der Waals surface area contributed by atoms with Crippen molar-refractivity contribution in [1.82, 2.24) is 9.97 Å². The highest BCUT2D eigenvalue weighted by molar-refractivity contribution is 7.99. The lowest BCUT2D eigenvalue weighted by Crippen LogP contribution is -2.05. The van der Waals surface area contributed by atoms with E-state index in [2.05, 4.69) is 9.97 Å². The van der Waals surface area contributed by atoms with Gasteiger partial charge in [0.2, 0.25) is 0 Å². The average Bonchev–Trinajstić information content (AvgIpc) is 2.38. The van der Waals surface area contributed by atoms with E-state index in [4.69, 9.17) is 5.73 Å². The first kappa shape index (κ1) is 14.5. The minimum absolute atomic E-state index is 0.0711. The van der Waals surface area contributed by atoms with Gasteiger partial charge in [-0.1, -0.05) is 23.9 Å². The van der Waals surface area contributed by atoms with Gasteiger partial charge in [0.25, 0.3) is 0 Å². The SMILES string of the molecule is Cc1cc(N)nc(SCC(=O)c2ccc(C)c(C)c2)n1. The predicted octanol–water partition coefficient (Wildman–Crippen LogP) is 2.96. The Kier molecular flexibility index (Phi) is 4.39. The molecule has 0 unspecified atom stereocenters. The summed E-state index contributed by atoms with van der Waals surface area (Å²) < 4.78 is 0. The molecule has 4 nitrogen and oxygen atoms in total. The van der Waals surface area contributed by atoms with Crippen LogP contribution in [0.4, 0.5) is 5.82 Å². The number of aromatic nitrogens is 2. The summed E-state index contributed by atoms with van der Waals surface area (Å²) in [4.78, 5) is 20.5. The highest BCUT2D eigenvalue weighted by atomic mass is 32.2. The summed E-state index contributed by atoms with van der Waals surface area (Å²) in [6.07, 6.45) is 0. The average molecular weight is 287 g/mol. The summed E-state index contributed by atoms with van der Waals surface area (Å²) in [7, 11) is 0. The normalized spacial score (nSPS) is 10.6. The number of hydrogen-bond donors (Lipinski definition) is 1. The summed E-state index contributed by atoms with van der Waals surface area (Å²) in [5.41, 5.74) is 9.50. The van der Waals surface area contributed by atoms with E-state index in [0.717, 1.165) is 16.8 Å². The maximum Gasteiger partial charge on any atom is 0.190 e. The van der Waals surface area contributed by atoms with E-state index < -0.39 is 0 Å². The van der Waals surface area contributed by atoms with Crippen molar-refractivity contribution in [3.05, 3.63) is 46.6 Å². The van der Waals surface area contributed by atoms with Crippen molar-refractivity contribution < 1.29 is 4.79 Å². The lowest BCUT2D eigenvalue weighted by atomic mass is 10.0. The van der Waals surface area contributed by atoms with Crippen LogP contribution in [0.25, 0.3) is 0 Å². The summed E-state index contributed by atoms with van der Waals surface area (Å²) in [6.45, 7) is 5.89. The molecule has 0 atom stereocenters. The van der Waals surface area contributed by atoms with E-state index in [1.807, 2.05) is 39.0 Å². The molecule has 0 fully saturated rings. The first-order valence-corrected chi connectivity index (χ1v) is 7.28. The number of rotatable bonds is 4. The number of carbonyl (C=O) groups is 1. The smallest absolute Gasteiger partial charge is 0.190 e. The van der Waals surface area contributed by atoms with Crippen LogP contribution >= 0.6 is 11.8 Å². The largest absolute Gasteiger partial charge is 0.384 e. The van der Waals surface area contributed by atoms with E-state index in [1.165, 1.54) is 17.3 Å². The molecule has 0 radical (unpaired) electrons. The maximum absolute atomic E-state index is 12.1. The van der Waals surface area contributed by atoms with Gasteiger partial charge >= 0.3 is 0 Å². The third kappa shape index (κ3) is 3.57. The Hall–Kier alpha value is -1.88. The van der Waals surface area contributed by atoms with Crippen molar-refractivity contribution >= 4 is 23.4 Å². The molecule has 1 heterocycles. The second kappa shape index (κ2) is 6.05. The molecule has 0 spiro atoms. The predicted molar refractivity (Wildman–Crippen MR) is 82.2 cm³/mol. The lowest BCUT2D eigenvalue weighted by molar-refractivity contribution is 0.102. The van der Waals surface area contributed by atoms with E-state index in [0.29, 0.717) is 16.7 Å². The van der Waals surface area contributed by atoms with Gasteiger partial charge in [0, 0.05) is 17.3 Å². The Morgan fingerprint density at radius 2 is 1.90 bits per heavy atom. The number of hydrogen-bond acceptors (Lipinski definition) is 5. The fourth-order valence-electron chi connectivity index (χ4n) is 1.76. The summed E-state index contributed by atoms with van der Waals surface area (Å²) in [5, 5.41) is 0.541. The second-order valence-corrected chi connectivity index (χ2v) is 5.67. The molecule has 2 N–H and O–H groups in total. The van der Waals surface area contributed by atoms with Crippen LogP contribution in [0.5, 0.6) is 0 Å². The summed E-state index contributed by atoms with van der Waals surface area (Å²) >= 11 is 1.31. The molecule has 0 bridgehead atoms. The van der Waals surface area contributed by atoms with E-state index >= 15 is 0 Å². The van der Waals surface area contributed by atoms with Crippen molar-refractivity contribution in [1.29, 1.82) is 0 Å². The topological polar surface area (TPSA) is 68.9 Å². The van der Waals surface area contributed by atoms with Crippen molar-refractivity contribution in [2.45, 2.75) is 25.9 Å². The third-order valence-electron chi connectivity index (χ3n) is 3.01. The fourth-order valence-corrected chi connectivity index (χ4v) is 2.56. The molecular formula is C15H17N3OS. The number of thioether (sulfide) groups is 1. The lowest BCUT2D eigenvalue weighted by Gasteiger charge is -2.05. The molecule has 20 heavy (non-hydrogen) atoms. The van der Waals surface area contributed by atoms with Gasteiger partial charge in [-0.3, -0.25) is 4.79 Å². The summed E-state index contributed by atoms with van der Waals surface area (Å²) in [5.74, 6) is 0.811. The van der Waals surface area contributed by atoms with E-state index in [-0.39, 0.29) is 5.78 Å². The van der Waals surface area contributed by atoms with Gasteiger partial charge in [0.15, 0.2) is 10.9 Å². The maximum atomic E-state index is 12.1. The van der Waals surface area contributed by atoms with Gasteiger partial charge in [-0.15, -0.1) is 0 Å². The Labute approximate surface area is 122 Å². The number of nitrogens with two attached hydrogens (primary N) is 1. The molecule has 104 valence electrons. The third-order valence-corrected chi connectivity index (χ3v) is 3.86. The zero-order valence-electron chi connectivity index (χ0n) is 11.8. The zero-order valence-corrected chi connectivity index (χ0v) is 12.6. The van der Waals surface area contributed by atoms with Gasteiger partial charge in [-0.2, -0.15) is 0 Å². The zero-order chi connectivity index (χ0) is 14.7. The van der Waals surface area contributed by atoms with Crippen LogP contribution in [0.1, 0.15) is 27.2 Å². The Balaban J connectivity index is 2.06. The first-order chi connectivity index (χ1) is 9.45. The van der Waals surface area contributed by atoms with Gasteiger partial charge in [-0.05, 0) is 38.0 Å². The van der Waals surface area contributed by atoms with Crippen LogP contribution < -0.4 is 5.73 Å². The van der Waals surface area contributed by atoms with E-state index in [9.17, 15) is 4.79 Å². The fraction of sp³-hybridized carbons (Fsp3) is 0.267. The monoisotopic (exact) mass is 287 g/mol. The second-order valence-electron chi connectivity index (χ2n) is 4.73. The number of Topliss-reactive ketones (excluding diaryl/α,β-unsaturated/α-hetero) is 1. The Morgan fingerprint density at radius 3 is 2.55 bits per heavy atom. The first-order valence-electron chi connectivity index (χ1n) is 6.30.